The number of hydrogen-bond acceptors (Lipinski definition) is 8. The van der Waals surface area contributed by atoms with E-state index in [9.17, 15) is 4.79 Å². The monoisotopic (exact) mass is 481 g/mol. The number of nitrogens with zero attached hydrogens (tertiary/aromatic N) is 2. The van der Waals surface area contributed by atoms with E-state index >= 15 is 0 Å². The van der Waals surface area contributed by atoms with Crippen LogP contribution in [0.4, 0.5) is 5.82 Å². The molecule has 32 heavy (non-hydrogen) atoms. The number of nitrogen functional groups attached to an aromatic ring is 1. The largest absolute Gasteiger partial charge is 0.490 e. The average molecular weight is 482 g/mol. The first-order valence-corrected chi connectivity index (χ1v) is 10.1. The second kappa shape index (κ2) is 12.7. The van der Waals surface area contributed by atoms with Gasteiger partial charge in [0.15, 0.2) is 11.5 Å². The predicted octanol–water partition coefficient (Wildman–Crippen LogP) is 3.22. The molecular weight excluding hydrogens is 457 g/mol. The summed E-state index contributed by atoms with van der Waals surface area (Å²) in [5.41, 5.74) is 7.51. The molecule has 0 saturated heterocycles. The maximum atomic E-state index is 11.9. The summed E-state index contributed by atoms with van der Waals surface area (Å²) in [6, 6.07) is 13.3. The number of ether oxygens (including phenoxy) is 2. The number of benzene rings is 2. The fourth-order valence-corrected chi connectivity index (χ4v) is 2.85. The van der Waals surface area contributed by atoms with Crippen LogP contribution in [-0.4, -0.2) is 35.9 Å². The maximum Gasteiger partial charge on any atom is 0.277 e. The molecule has 0 aliphatic heterocycles. The van der Waals surface area contributed by atoms with Gasteiger partial charge in [0, 0.05) is 24.7 Å². The van der Waals surface area contributed by atoms with E-state index in [0.29, 0.717) is 49.4 Å². The molecule has 3 aromatic rings. The lowest BCUT2D eigenvalue weighted by Crippen LogP contribution is -2.32. The van der Waals surface area contributed by atoms with Crippen LogP contribution in [0.3, 0.4) is 0 Å². The minimum absolute atomic E-state index is 0. The van der Waals surface area contributed by atoms with Crippen molar-refractivity contribution >= 4 is 35.7 Å². The Kier molecular flexibility index (Phi) is 10.1. The van der Waals surface area contributed by atoms with E-state index in [0.717, 1.165) is 11.1 Å². The van der Waals surface area contributed by atoms with Crippen LogP contribution in [0.2, 0.25) is 5.02 Å². The first-order valence-electron chi connectivity index (χ1n) is 9.76. The second-order valence-corrected chi connectivity index (χ2v) is 7.00. The van der Waals surface area contributed by atoms with Crippen LogP contribution >= 0.6 is 24.0 Å². The smallest absolute Gasteiger partial charge is 0.277 e. The zero-order chi connectivity index (χ0) is 22.1. The van der Waals surface area contributed by atoms with Crippen LogP contribution in [0.15, 0.2) is 47.1 Å². The van der Waals surface area contributed by atoms with Crippen LogP contribution in [-0.2, 0) is 13.2 Å². The average Bonchev–Trinajstić information content (AvgIpc) is 3.20. The van der Waals surface area contributed by atoms with Crippen LogP contribution in [0.1, 0.15) is 28.5 Å². The topological polar surface area (TPSA) is 125 Å². The van der Waals surface area contributed by atoms with Crippen molar-refractivity contribution in [1.82, 2.24) is 20.9 Å². The number of carbonyl (C=O) groups is 1. The van der Waals surface area contributed by atoms with Crippen LogP contribution in [0, 0.1) is 0 Å². The van der Waals surface area contributed by atoms with Crippen LogP contribution < -0.4 is 25.8 Å². The van der Waals surface area contributed by atoms with E-state index in [-0.39, 0.29) is 23.9 Å². The number of nitrogens with one attached hydrogen (secondary N) is 2. The minimum atomic E-state index is -0.429. The first-order chi connectivity index (χ1) is 15.1. The summed E-state index contributed by atoms with van der Waals surface area (Å²) in [6.45, 7) is 4.41. The van der Waals surface area contributed by atoms with Crippen molar-refractivity contribution in [2.45, 2.75) is 20.1 Å². The van der Waals surface area contributed by atoms with Gasteiger partial charge in [-0.05, 0) is 52.6 Å². The maximum absolute atomic E-state index is 11.9. The number of nitrogens with two attached hydrogens (primary N) is 1. The molecule has 1 heterocycles. The molecule has 1 aromatic heterocycles. The Bertz CT molecular complexity index is 998. The molecule has 0 fully saturated rings. The summed E-state index contributed by atoms with van der Waals surface area (Å²) in [4.78, 5) is 11.9. The highest BCUT2D eigenvalue weighted by molar-refractivity contribution is 6.30. The number of amides is 1. The van der Waals surface area contributed by atoms with E-state index in [1.54, 1.807) is 0 Å². The first kappa shape index (κ1) is 25.3. The molecule has 0 radical (unpaired) electrons. The van der Waals surface area contributed by atoms with Gasteiger partial charge in [-0.25, -0.2) is 4.63 Å². The molecule has 2 aromatic carbocycles. The van der Waals surface area contributed by atoms with Gasteiger partial charge in [0.25, 0.3) is 5.91 Å². The number of halogens is 2. The number of aromatic nitrogens is 2. The highest BCUT2D eigenvalue weighted by atomic mass is 35.5. The van der Waals surface area contributed by atoms with E-state index in [1.807, 2.05) is 49.4 Å². The third-order valence-corrected chi connectivity index (χ3v) is 4.51. The van der Waals surface area contributed by atoms with E-state index in [2.05, 4.69) is 25.6 Å². The zero-order valence-corrected chi connectivity index (χ0v) is 19.0. The fraction of sp³-hybridized carbons (Fsp3) is 0.286. The molecule has 4 N–H and O–H groups in total. The Balaban J connectivity index is 0.00000363. The molecule has 0 bridgehead atoms. The summed E-state index contributed by atoms with van der Waals surface area (Å²) in [6.07, 6.45) is 0. The van der Waals surface area contributed by atoms with Gasteiger partial charge in [0.1, 0.15) is 6.61 Å². The number of hydrogen-bond donors (Lipinski definition) is 3. The van der Waals surface area contributed by atoms with E-state index in [1.165, 1.54) is 0 Å². The highest BCUT2D eigenvalue weighted by Crippen LogP contribution is 2.29. The van der Waals surface area contributed by atoms with Gasteiger partial charge in [0.05, 0.1) is 6.61 Å². The van der Waals surface area contributed by atoms with Crippen molar-refractivity contribution in [3.05, 3.63) is 64.3 Å². The lowest BCUT2D eigenvalue weighted by molar-refractivity contribution is 0.0944. The molecule has 0 saturated carbocycles. The number of rotatable bonds is 11. The SMILES string of the molecule is CCOc1cc(CNCCNC(=O)c2nonc2N)ccc1OCc1ccc(Cl)cc1.Cl. The van der Waals surface area contributed by atoms with Gasteiger partial charge in [-0.15, -0.1) is 12.4 Å². The third-order valence-electron chi connectivity index (χ3n) is 4.26. The predicted molar refractivity (Wildman–Crippen MR) is 123 cm³/mol. The summed E-state index contributed by atoms with van der Waals surface area (Å²) in [5, 5.41) is 13.5. The summed E-state index contributed by atoms with van der Waals surface area (Å²) in [7, 11) is 0. The molecule has 172 valence electrons. The molecule has 3 rings (SSSR count). The lowest BCUT2D eigenvalue weighted by atomic mass is 10.2. The molecule has 11 heteroatoms. The van der Waals surface area contributed by atoms with Crippen LogP contribution in [0.5, 0.6) is 11.5 Å². The van der Waals surface area contributed by atoms with Crippen molar-refractivity contribution < 1.29 is 18.9 Å². The standard InChI is InChI=1S/C21H24ClN5O4.ClH/c1-2-29-18-11-15(5-8-17(18)30-13-14-3-6-16(22)7-4-14)12-24-9-10-25-21(28)19-20(23)27-31-26-19;/h3-8,11,24H,2,9-10,12-13H2,1H3,(H2,23,27)(H,25,28);1H. The van der Waals surface area contributed by atoms with Crippen molar-refractivity contribution in [3.8, 4) is 11.5 Å². The van der Waals surface area contributed by atoms with Gasteiger partial charge < -0.3 is 25.8 Å². The lowest BCUT2D eigenvalue weighted by Gasteiger charge is -2.14. The Labute approximate surface area is 197 Å². The van der Waals surface area contributed by atoms with Gasteiger partial charge in [-0.1, -0.05) is 29.8 Å². The molecule has 0 atom stereocenters. The van der Waals surface area contributed by atoms with Crippen molar-refractivity contribution in [3.63, 3.8) is 0 Å². The zero-order valence-electron chi connectivity index (χ0n) is 17.5. The third kappa shape index (κ3) is 7.30. The molecule has 0 aliphatic carbocycles. The Morgan fingerprint density at radius 1 is 1.06 bits per heavy atom. The highest BCUT2D eigenvalue weighted by Gasteiger charge is 2.15. The number of carbonyl (C=O) groups excluding carboxylic acids is 1. The number of anilines is 1. The van der Waals surface area contributed by atoms with Crippen molar-refractivity contribution in [2.75, 3.05) is 25.4 Å². The van der Waals surface area contributed by atoms with Crippen molar-refractivity contribution in [2.24, 2.45) is 0 Å². The quantitative estimate of drug-likeness (QED) is 0.356. The van der Waals surface area contributed by atoms with Gasteiger partial charge in [-0.2, -0.15) is 0 Å². The van der Waals surface area contributed by atoms with Gasteiger partial charge in [-0.3, -0.25) is 4.79 Å². The summed E-state index contributed by atoms with van der Waals surface area (Å²) < 4.78 is 16.1. The van der Waals surface area contributed by atoms with E-state index in [4.69, 9.17) is 26.8 Å². The molecule has 0 aliphatic rings. The van der Waals surface area contributed by atoms with Crippen molar-refractivity contribution in [1.29, 1.82) is 0 Å². The van der Waals surface area contributed by atoms with Gasteiger partial charge >= 0.3 is 0 Å². The molecule has 1 amide bonds. The normalized spacial score (nSPS) is 10.3. The Morgan fingerprint density at radius 3 is 2.50 bits per heavy atom. The molecule has 0 unspecified atom stereocenters. The summed E-state index contributed by atoms with van der Waals surface area (Å²) >= 11 is 5.92. The van der Waals surface area contributed by atoms with E-state index < -0.39 is 5.91 Å². The molecule has 0 spiro atoms. The Hall–Kier alpha value is -3.01. The molecular formula is C21H25Cl2N5O4. The molecule has 9 nitrogen and oxygen atoms in total. The Morgan fingerprint density at radius 2 is 1.81 bits per heavy atom. The fourth-order valence-electron chi connectivity index (χ4n) is 2.73. The second-order valence-electron chi connectivity index (χ2n) is 6.56. The van der Waals surface area contributed by atoms with Crippen LogP contribution in [0.25, 0.3) is 0 Å². The summed E-state index contributed by atoms with van der Waals surface area (Å²) in [5.74, 6) is 0.887. The minimum Gasteiger partial charge on any atom is -0.490 e. The van der Waals surface area contributed by atoms with Gasteiger partial charge in [0.2, 0.25) is 11.5 Å².